The highest BCUT2D eigenvalue weighted by molar-refractivity contribution is 5.93. The average molecular weight is 411 g/mol. The SMILES string of the molecule is O=C(O)N1CCC(c2ccccc2)C1c1ccc(-c2n[nH]c(=O)c3ccccc23)cc1. The molecule has 6 heteroatoms. The van der Waals surface area contributed by atoms with Crippen LogP contribution in [0.4, 0.5) is 4.79 Å². The Kier molecular flexibility index (Phi) is 4.75. The molecule has 154 valence electrons. The van der Waals surface area contributed by atoms with Crippen molar-refractivity contribution < 1.29 is 9.90 Å². The fourth-order valence-electron chi connectivity index (χ4n) is 4.64. The molecule has 0 bridgehead atoms. The van der Waals surface area contributed by atoms with Gasteiger partial charge in [0, 0.05) is 23.4 Å². The highest BCUT2D eigenvalue weighted by Gasteiger charge is 2.38. The summed E-state index contributed by atoms with van der Waals surface area (Å²) in [5.41, 5.74) is 3.44. The zero-order valence-electron chi connectivity index (χ0n) is 16.7. The van der Waals surface area contributed by atoms with Gasteiger partial charge in [-0.1, -0.05) is 72.8 Å². The molecule has 1 aromatic heterocycles. The van der Waals surface area contributed by atoms with E-state index in [1.807, 2.05) is 60.7 Å². The van der Waals surface area contributed by atoms with Gasteiger partial charge in [0.2, 0.25) is 0 Å². The predicted molar refractivity (Wildman–Crippen MR) is 119 cm³/mol. The number of nitrogens with one attached hydrogen (secondary N) is 1. The Hall–Kier alpha value is -3.93. The van der Waals surface area contributed by atoms with Crippen molar-refractivity contribution in [3.63, 3.8) is 0 Å². The van der Waals surface area contributed by atoms with Crippen LogP contribution in [0.15, 0.2) is 83.7 Å². The van der Waals surface area contributed by atoms with Crippen molar-refractivity contribution in [2.75, 3.05) is 6.54 Å². The first-order chi connectivity index (χ1) is 15.1. The Morgan fingerprint density at radius 2 is 1.58 bits per heavy atom. The predicted octanol–water partition coefficient (Wildman–Crippen LogP) is 4.80. The van der Waals surface area contributed by atoms with E-state index in [4.69, 9.17) is 0 Å². The first kappa shape index (κ1) is 19.1. The second-order valence-electron chi connectivity index (χ2n) is 7.80. The van der Waals surface area contributed by atoms with Gasteiger partial charge in [-0.2, -0.15) is 5.10 Å². The van der Waals surface area contributed by atoms with Gasteiger partial charge >= 0.3 is 6.09 Å². The summed E-state index contributed by atoms with van der Waals surface area (Å²) in [5.74, 6) is 0.107. The summed E-state index contributed by atoms with van der Waals surface area (Å²) in [6, 6.07) is 25.1. The van der Waals surface area contributed by atoms with Gasteiger partial charge < -0.3 is 10.0 Å². The molecular formula is C25H21N3O3. The summed E-state index contributed by atoms with van der Waals surface area (Å²) in [5, 5.41) is 18.0. The van der Waals surface area contributed by atoms with E-state index < -0.39 is 6.09 Å². The third-order valence-corrected chi connectivity index (χ3v) is 6.09. The van der Waals surface area contributed by atoms with E-state index >= 15 is 0 Å². The number of fused-ring (bicyclic) bond motifs is 1. The van der Waals surface area contributed by atoms with Crippen LogP contribution in [0.3, 0.4) is 0 Å². The fourth-order valence-corrected chi connectivity index (χ4v) is 4.64. The summed E-state index contributed by atoms with van der Waals surface area (Å²) in [7, 11) is 0. The third kappa shape index (κ3) is 3.36. The lowest BCUT2D eigenvalue weighted by Crippen LogP contribution is -2.30. The molecule has 2 atom stereocenters. The van der Waals surface area contributed by atoms with Crippen LogP contribution >= 0.6 is 0 Å². The number of likely N-dealkylation sites (tertiary alicyclic amines) is 1. The molecule has 0 spiro atoms. The molecule has 2 heterocycles. The number of rotatable bonds is 3. The lowest BCUT2D eigenvalue weighted by molar-refractivity contribution is 0.138. The molecule has 0 radical (unpaired) electrons. The van der Waals surface area contributed by atoms with Gasteiger partial charge in [-0.25, -0.2) is 9.89 Å². The smallest absolute Gasteiger partial charge is 0.407 e. The Labute approximate surface area is 178 Å². The molecule has 2 unspecified atom stereocenters. The van der Waals surface area contributed by atoms with Crippen molar-refractivity contribution in [1.29, 1.82) is 0 Å². The Balaban J connectivity index is 1.55. The van der Waals surface area contributed by atoms with Crippen molar-refractivity contribution >= 4 is 16.9 Å². The van der Waals surface area contributed by atoms with Gasteiger partial charge in [-0.3, -0.25) is 4.79 Å². The summed E-state index contributed by atoms with van der Waals surface area (Å²) in [4.78, 5) is 25.5. The summed E-state index contributed by atoms with van der Waals surface area (Å²) in [6.45, 7) is 0.507. The monoisotopic (exact) mass is 411 g/mol. The summed E-state index contributed by atoms with van der Waals surface area (Å²) in [6.07, 6.45) is -0.115. The van der Waals surface area contributed by atoms with Crippen LogP contribution in [-0.2, 0) is 0 Å². The minimum atomic E-state index is -0.902. The van der Waals surface area contributed by atoms with Gasteiger partial charge in [0.1, 0.15) is 0 Å². The molecule has 2 N–H and O–H groups in total. The zero-order valence-corrected chi connectivity index (χ0v) is 16.7. The first-order valence-electron chi connectivity index (χ1n) is 10.3. The van der Waals surface area contributed by atoms with Gasteiger partial charge in [0.15, 0.2) is 0 Å². The lowest BCUT2D eigenvalue weighted by atomic mass is 9.87. The van der Waals surface area contributed by atoms with Crippen LogP contribution in [0.5, 0.6) is 0 Å². The summed E-state index contributed by atoms with van der Waals surface area (Å²) < 4.78 is 0. The van der Waals surface area contributed by atoms with Crippen molar-refractivity contribution in [3.8, 4) is 11.3 Å². The molecule has 3 aromatic carbocycles. The minimum absolute atomic E-state index is 0.107. The maximum Gasteiger partial charge on any atom is 0.407 e. The molecule has 1 amide bonds. The first-order valence-corrected chi connectivity index (χ1v) is 10.3. The third-order valence-electron chi connectivity index (χ3n) is 6.09. The maximum absolute atomic E-state index is 12.1. The maximum atomic E-state index is 12.1. The number of nitrogens with zero attached hydrogens (tertiary/aromatic N) is 2. The molecule has 1 saturated heterocycles. The molecule has 1 aliphatic rings. The minimum Gasteiger partial charge on any atom is -0.465 e. The molecule has 1 fully saturated rings. The number of benzene rings is 3. The molecule has 1 aliphatic heterocycles. The van der Waals surface area contributed by atoms with Crippen molar-refractivity contribution in [1.82, 2.24) is 15.1 Å². The average Bonchev–Trinajstić information content (AvgIpc) is 3.26. The highest BCUT2D eigenvalue weighted by atomic mass is 16.4. The number of H-pyrrole nitrogens is 1. The summed E-state index contributed by atoms with van der Waals surface area (Å²) >= 11 is 0. The molecule has 4 aromatic rings. The van der Waals surface area contributed by atoms with E-state index in [0.29, 0.717) is 17.6 Å². The van der Waals surface area contributed by atoms with Crippen LogP contribution in [0.25, 0.3) is 22.0 Å². The zero-order chi connectivity index (χ0) is 21.4. The molecule has 5 rings (SSSR count). The number of hydrogen-bond acceptors (Lipinski definition) is 3. The Morgan fingerprint density at radius 1 is 0.903 bits per heavy atom. The quantitative estimate of drug-likeness (QED) is 0.507. The largest absolute Gasteiger partial charge is 0.465 e. The van der Waals surface area contributed by atoms with E-state index in [-0.39, 0.29) is 17.5 Å². The normalized spacial score (nSPS) is 18.4. The molecule has 31 heavy (non-hydrogen) atoms. The van der Waals surface area contributed by atoms with Crippen molar-refractivity contribution in [2.45, 2.75) is 18.4 Å². The fraction of sp³-hybridized carbons (Fsp3) is 0.160. The molecule has 0 aliphatic carbocycles. The van der Waals surface area contributed by atoms with Gasteiger partial charge in [0.25, 0.3) is 5.56 Å². The van der Waals surface area contributed by atoms with Crippen LogP contribution in [0, 0.1) is 0 Å². The number of aromatic nitrogens is 2. The Bertz CT molecular complexity index is 1300. The van der Waals surface area contributed by atoms with Gasteiger partial charge in [-0.15, -0.1) is 0 Å². The van der Waals surface area contributed by atoms with E-state index in [2.05, 4.69) is 22.3 Å². The van der Waals surface area contributed by atoms with Crippen LogP contribution in [-0.4, -0.2) is 32.8 Å². The second kappa shape index (κ2) is 7.72. The highest BCUT2D eigenvalue weighted by Crippen LogP contribution is 2.44. The standard InChI is InChI=1S/C25H21N3O3/c29-24-21-9-5-4-8-20(21)22(26-27-24)17-10-12-18(13-11-17)23-19(14-15-28(23)25(30)31)16-6-2-1-3-7-16/h1-13,19,23H,14-15H2,(H,27,29)(H,30,31). The number of carbonyl (C=O) groups is 1. The number of carboxylic acid groups (broad SMARTS) is 1. The number of amides is 1. The van der Waals surface area contributed by atoms with E-state index in [1.165, 1.54) is 4.90 Å². The number of aromatic amines is 1. The van der Waals surface area contributed by atoms with Crippen molar-refractivity contribution in [2.24, 2.45) is 0 Å². The molecular weight excluding hydrogens is 390 g/mol. The lowest BCUT2D eigenvalue weighted by Gasteiger charge is -2.27. The second-order valence-corrected chi connectivity index (χ2v) is 7.80. The van der Waals surface area contributed by atoms with E-state index in [9.17, 15) is 14.7 Å². The topological polar surface area (TPSA) is 86.3 Å². The van der Waals surface area contributed by atoms with Gasteiger partial charge in [0.05, 0.1) is 17.1 Å². The van der Waals surface area contributed by atoms with Crippen LogP contribution < -0.4 is 5.56 Å². The molecule has 6 nitrogen and oxygen atoms in total. The van der Waals surface area contributed by atoms with Crippen molar-refractivity contribution in [3.05, 3.63) is 100 Å². The number of hydrogen-bond donors (Lipinski definition) is 2. The Morgan fingerprint density at radius 3 is 2.29 bits per heavy atom. The molecule has 0 saturated carbocycles. The van der Waals surface area contributed by atoms with Crippen LogP contribution in [0.2, 0.25) is 0 Å². The van der Waals surface area contributed by atoms with Gasteiger partial charge in [-0.05, 0) is 23.6 Å². The van der Waals surface area contributed by atoms with Crippen LogP contribution in [0.1, 0.15) is 29.5 Å². The van der Waals surface area contributed by atoms with E-state index in [0.717, 1.165) is 28.5 Å². The van der Waals surface area contributed by atoms with E-state index in [1.54, 1.807) is 6.07 Å².